The maximum absolute atomic E-state index is 9.56. The van der Waals surface area contributed by atoms with Gasteiger partial charge in [0, 0.05) is 6.20 Å². The van der Waals surface area contributed by atoms with Crippen molar-refractivity contribution in [2.75, 3.05) is 0 Å². The largest absolute Gasteiger partial charge is 0.330 e. The molecule has 0 radical (unpaired) electrons. The molecule has 6 heteroatoms. The molecule has 1 N–H and O–H groups in total. The summed E-state index contributed by atoms with van der Waals surface area (Å²) in [7, 11) is 0. The second kappa shape index (κ2) is 5.47. The summed E-state index contributed by atoms with van der Waals surface area (Å²) in [6.45, 7) is 0. The van der Waals surface area contributed by atoms with Crippen LogP contribution in [0.1, 0.15) is 5.01 Å². The maximum Gasteiger partial charge on any atom is 0.182 e. The number of aromatic amines is 1. The van der Waals surface area contributed by atoms with Gasteiger partial charge in [-0.2, -0.15) is 5.26 Å². The molecule has 0 saturated heterocycles. The van der Waals surface area contributed by atoms with Gasteiger partial charge in [0.25, 0.3) is 0 Å². The van der Waals surface area contributed by atoms with E-state index in [1.807, 2.05) is 53.1 Å². The Labute approximate surface area is 141 Å². The lowest BCUT2D eigenvalue weighted by Crippen LogP contribution is -1.89. The van der Waals surface area contributed by atoms with Crippen LogP contribution in [0.5, 0.6) is 0 Å². The highest BCUT2D eigenvalue weighted by Crippen LogP contribution is 2.27. The minimum Gasteiger partial charge on any atom is -0.330 e. The summed E-state index contributed by atoms with van der Waals surface area (Å²) in [4.78, 5) is 7.69. The van der Waals surface area contributed by atoms with E-state index in [-0.39, 0.29) is 0 Å². The molecule has 0 bridgehead atoms. The van der Waals surface area contributed by atoms with E-state index in [2.05, 4.69) is 16.0 Å². The van der Waals surface area contributed by atoms with Crippen LogP contribution in [0.2, 0.25) is 0 Å². The Bertz CT molecular complexity index is 1120. The quantitative estimate of drug-likeness (QED) is 0.422. The zero-order valence-electron chi connectivity index (χ0n) is 11.9. The number of thiazole rings is 1. The van der Waals surface area contributed by atoms with E-state index in [0.717, 1.165) is 21.3 Å². The van der Waals surface area contributed by atoms with Crippen LogP contribution in [0, 0.1) is 16.1 Å². The highest BCUT2D eigenvalue weighted by atomic mass is 32.1. The van der Waals surface area contributed by atoms with Gasteiger partial charge < -0.3 is 4.98 Å². The zero-order chi connectivity index (χ0) is 15.8. The number of nitrogens with zero attached hydrogens (tertiary/aromatic N) is 3. The second-order valence-electron chi connectivity index (χ2n) is 4.96. The summed E-state index contributed by atoms with van der Waals surface area (Å²) >= 11 is 6.87. The van der Waals surface area contributed by atoms with Gasteiger partial charge in [0.15, 0.2) is 4.77 Å². The fourth-order valence-corrected chi connectivity index (χ4v) is 3.64. The molecule has 4 nitrogen and oxygen atoms in total. The van der Waals surface area contributed by atoms with Crippen LogP contribution in [0.3, 0.4) is 0 Å². The highest BCUT2D eigenvalue weighted by Gasteiger charge is 2.10. The number of para-hydroxylation sites is 3. The SMILES string of the molecule is N#C/C(=C\n1c(=S)[nH]c2ccccc21)c1nc2ccccc2s1. The smallest absolute Gasteiger partial charge is 0.182 e. The van der Waals surface area contributed by atoms with Gasteiger partial charge in [-0.15, -0.1) is 11.3 Å². The third-order valence-corrected chi connectivity index (χ3v) is 4.90. The zero-order valence-corrected chi connectivity index (χ0v) is 13.5. The van der Waals surface area contributed by atoms with Crippen molar-refractivity contribution in [1.29, 1.82) is 5.26 Å². The summed E-state index contributed by atoms with van der Waals surface area (Å²) in [6, 6.07) is 17.9. The molecule has 2 heterocycles. The number of rotatable bonds is 2. The van der Waals surface area contributed by atoms with Crippen LogP contribution < -0.4 is 0 Å². The van der Waals surface area contributed by atoms with Crippen LogP contribution in [0.4, 0.5) is 0 Å². The predicted octanol–water partition coefficient (Wildman–Crippen LogP) is 4.83. The molecule has 0 unspecified atom stereocenters. The molecule has 0 atom stereocenters. The van der Waals surface area contributed by atoms with Gasteiger partial charge in [-0.1, -0.05) is 24.3 Å². The van der Waals surface area contributed by atoms with Crippen molar-refractivity contribution in [3.8, 4) is 6.07 Å². The Kier molecular flexibility index (Phi) is 3.30. The second-order valence-corrected chi connectivity index (χ2v) is 6.38. The standard InChI is InChI=1S/C17H10N4S2/c18-9-11(16-19-13-6-2-4-8-15(13)23-16)10-21-14-7-3-1-5-12(14)20-17(21)22/h1-8,10H,(H,20,22)/b11-10+. The van der Waals surface area contributed by atoms with Crippen LogP contribution in [-0.2, 0) is 0 Å². The van der Waals surface area contributed by atoms with Crippen LogP contribution in [0.15, 0.2) is 48.5 Å². The van der Waals surface area contributed by atoms with Gasteiger partial charge in [-0.3, -0.25) is 4.57 Å². The molecule has 0 aliphatic rings. The number of H-pyrrole nitrogens is 1. The van der Waals surface area contributed by atoms with Crippen molar-refractivity contribution >= 4 is 56.6 Å². The monoisotopic (exact) mass is 334 g/mol. The van der Waals surface area contributed by atoms with E-state index in [4.69, 9.17) is 12.2 Å². The number of nitriles is 1. The Hall–Kier alpha value is -2.75. The summed E-state index contributed by atoms with van der Waals surface area (Å²) < 4.78 is 3.43. The summed E-state index contributed by atoms with van der Waals surface area (Å²) in [6.07, 6.45) is 1.75. The maximum atomic E-state index is 9.56. The van der Waals surface area contributed by atoms with Crippen LogP contribution in [-0.4, -0.2) is 14.5 Å². The fourth-order valence-electron chi connectivity index (χ4n) is 2.45. The van der Waals surface area contributed by atoms with Crippen molar-refractivity contribution in [1.82, 2.24) is 14.5 Å². The molecule has 2 aromatic heterocycles. The summed E-state index contributed by atoms with van der Waals surface area (Å²) in [5, 5.41) is 10.3. The average Bonchev–Trinajstić information content (AvgIpc) is 3.13. The Balaban J connectivity index is 1.92. The molecule has 0 spiro atoms. The van der Waals surface area contributed by atoms with Crippen molar-refractivity contribution in [2.45, 2.75) is 0 Å². The minimum atomic E-state index is 0.493. The molecule has 0 saturated carbocycles. The lowest BCUT2D eigenvalue weighted by molar-refractivity contribution is 1.14. The number of hydrogen-bond acceptors (Lipinski definition) is 4. The van der Waals surface area contributed by atoms with Gasteiger partial charge in [-0.05, 0) is 36.5 Å². The first-order valence-corrected chi connectivity index (χ1v) is 8.16. The van der Waals surface area contributed by atoms with Gasteiger partial charge in [0.1, 0.15) is 16.6 Å². The molecular weight excluding hydrogens is 324 g/mol. The topological polar surface area (TPSA) is 57.4 Å². The molecule has 2 aromatic carbocycles. The van der Waals surface area contributed by atoms with E-state index in [9.17, 15) is 5.26 Å². The molecule has 0 amide bonds. The Morgan fingerprint density at radius 1 is 1.22 bits per heavy atom. The van der Waals surface area contributed by atoms with Crippen LogP contribution >= 0.6 is 23.6 Å². The first kappa shape index (κ1) is 13.9. The van der Waals surface area contributed by atoms with Crippen molar-refractivity contribution in [2.24, 2.45) is 0 Å². The van der Waals surface area contributed by atoms with Gasteiger partial charge in [0.05, 0.1) is 21.3 Å². The lowest BCUT2D eigenvalue weighted by atomic mass is 10.3. The number of imidazole rings is 1. The van der Waals surface area contributed by atoms with Crippen molar-refractivity contribution in [3.63, 3.8) is 0 Å². The third kappa shape index (κ3) is 2.36. The Morgan fingerprint density at radius 2 is 2.00 bits per heavy atom. The molecule has 0 aliphatic carbocycles. The third-order valence-electron chi connectivity index (χ3n) is 3.53. The molecule has 23 heavy (non-hydrogen) atoms. The van der Waals surface area contributed by atoms with E-state index < -0.39 is 0 Å². The number of nitrogens with one attached hydrogen (secondary N) is 1. The molecule has 110 valence electrons. The first-order valence-electron chi connectivity index (χ1n) is 6.93. The lowest BCUT2D eigenvalue weighted by Gasteiger charge is -1.98. The van der Waals surface area contributed by atoms with Crippen LogP contribution in [0.25, 0.3) is 33.0 Å². The van der Waals surface area contributed by atoms with Gasteiger partial charge in [-0.25, -0.2) is 4.98 Å². The van der Waals surface area contributed by atoms with E-state index in [1.165, 1.54) is 11.3 Å². The minimum absolute atomic E-state index is 0.493. The number of allylic oxidation sites excluding steroid dienone is 1. The molecule has 0 fully saturated rings. The molecular formula is C17H10N4S2. The summed E-state index contributed by atoms with van der Waals surface area (Å²) in [5.74, 6) is 0. The number of hydrogen-bond donors (Lipinski definition) is 1. The van der Waals surface area contributed by atoms with E-state index >= 15 is 0 Å². The van der Waals surface area contributed by atoms with Gasteiger partial charge >= 0.3 is 0 Å². The summed E-state index contributed by atoms with van der Waals surface area (Å²) in [5.41, 5.74) is 3.27. The number of benzene rings is 2. The molecule has 4 aromatic rings. The number of aromatic nitrogens is 3. The normalized spacial score (nSPS) is 11.9. The van der Waals surface area contributed by atoms with E-state index in [0.29, 0.717) is 15.4 Å². The fraction of sp³-hybridized carbons (Fsp3) is 0. The first-order chi connectivity index (χ1) is 11.3. The molecule has 4 rings (SSSR count). The van der Waals surface area contributed by atoms with E-state index in [1.54, 1.807) is 6.20 Å². The van der Waals surface area contributed by atoms with Crippen molar-refractivity contribution in [3.05, 3.63) is 58.3 Å². The van der Waals surface area contributed by atoms with Gasteiger partial charge in [0.2, 0.25) is 0 Å². The average molecular weight is 334 g/mol. The molecule has 0 aliphatic heterocycles. The van der Waals surface area contributed by atoms with Crippen molar-refractivity contribution < 1.29 is 0 Å². The predicted molar refractivity (Wildman–Crippen MR) is 96.5 cm³/mol. The Morgan fingerprint density at radius 3 is 2.83 bits per heavy atom. The number of fused-ring (bicyclic) bond motifs is 2. The highest BCUT2D eigenvalue weighted by molar-refractivity contribution is 7.71.